The Hall–Kier alpha value is -1.11. The Labute approximate surface area is 121 Å². The first-order chi connectivity index (χ1) is 9.97. The van der Waals surface area contributed by atoms with Gasteiger partial charge in [-0.25, -0.2) is 0 Å². The number of piperidine rings is 1. The van der Waals surface area contributed by atoms with E-state index in [4.69, 9.17) is 9.47 Å². The van der Waals surface area contributed by atoms with Gasteiger partial charge in [0, 0.05) is 5.56 Å². The predicted octanol–water partition coefficient (Wildman–Crippen LogP) is 1.63. The highest BCUT2D eigenvalue weighted by molar-refractivity contribution is 5.25. The largest absolute Gasteiger partial charge is 0.416 e. The van der Waals surface area contributed by atoms with Gasteiger partial charge in [0.1, 0.15) is 6.54 Å². The second kappa shape index (κ2) is 5.59. The van der Waals surface area contributed by atoms with Crippen LogP contribution in [0.5, 0.6) is 0 Å². The van der Waals surface area contributed by atoms with Crippen LogP contribution in [-0.4, -0.2) is 32.1 Å². The normalized spacial score (nSPS) is 22.8. The summed E-state index contributed by atoms with van der Waals surface area (Å²) in [5.41, 5.74) is 0.152. The fourth-order valence-electron chi connectivity index (χ4n) is 3.09. The topological polar surface area (TPSA) is 22.9 Å². The van der Waals surface area contributed by atoms with Crippen molar-refractivity contribution in [3.63, 3.8) is 0 Å². The molecule has 0 amide bonds. The van der Waals surface area contributed by atoms with E-state index in [1.54, 1.807) is 6.07 Å². The zero-order valence-electron chi connectivity index (χ0n) is 11.7. The van der Waals surface area contributed by atoms with Gasteiger partial charge in [0.25, 0.3) is 0 Å². The molecule has 3 rings (SSSR count). The molecule has 1 spiro atoms. The number of likely N-dealkylation sites (tertiary alicyclic amines) is 1. The monoisotopic (exact) mass is 302 g/mol. The molecule has 116 valence electrons. The summed E-state index contributed by atoms with van der Waals surface area (Å²) in [6, 6.07) is 5.60. The van der Waals surface area contributed by atoms with Crippen LogP contribution in [0, 0.1) is 0 Å². The molecule has 0 unspecified atom stereocenters. The summed E-state index contributed by atoms with van der Waals surface area (Å²) in [7, 11) is 0. The first kappa shape index (κ1) is 14.8. The molecule has 2 fully saturated rings. The Morgan fingerprint density at radius 2 is 1.76 bits per heavy atom. The van der Waals surface area contributed by atoms with E-state index in [0.29, 0.717) is 19.8 Å². The third-order valence-corrected chi connectivity index (χ3v) is 4.24. The summed E-state index contributed by atoms with van der Waals surface area (Å²) < 4.78 is 49.4. The third kappa shape index (κ3) is 3.39. The molecule has 2 saturated heterocycles. The van der Waals surface area contributed by atoms with E-state index < -0.39 is 17.5 Å². The van der Waals surface area contributed by atoms with E-state index in [1.165, 1.54) is 17.0 Å². The maximum atomic E-state index is 12.7. The quantitative estimate of drug-likeness (QED) is 0.897. The number of hydrogen-bond acceptors (Lipinski definition) is 2. The van der Waals surface area contributed by atoms with Crippen LogP contribution >= 0.6 is 0 Å². The Kier molecular flexibility index (Phi) is 3.94. The van der Waals surface area contributed by atoms with Crippen molar-refractivity contribution in [2.45, 2.75) is 31.3 Å². The fourth-order valence-corrected chi connectivity index (χ4v) is 3.09. The van der Waals surface area contributed by atoms with Crippen molar-refractivity contribution < 1.29 is 27.5 Å². The second-order valence-electron chi connectivity index (χ2n) is 5.73. The molecular weight excluding hydrogens is 283 g/mol. The molecule has 2 aliphatic rings. The number of halogens is 3. The maximum absolute atomic E-state index is 12.7. The Morgan fingerprint density at radius 3 is 2.38 bits per heavy atom. The van der Waals surface area contributed by atoms with Crippen LogP contribution < -0.4 is 4.90 Å². The van der Waals surface area contributed by atoms with Crippen molar-refractivity contribution in [3.8, 4) is 0 Å². The van der Waals surface area contributed by atoms with E-state index in [0.717, 1.165) is 37.6 Å². The van der Waals surface area contributed by atoms with E-state index in [9.17, 15) is 13.2 Å². The number of ether oxygens (including phenoxy) is 2. The number of quaternary nitrogens is 1. The van der Waals surface area contributed by atoms with E-state index in [2.05, 4.69) is 0 Å². The first-order valence-corrected chi connectivity index (χ1v) is 7.25. The van der Waals surface area contributed by atoms with E-state index >= 15 is 0 Å². The molecule has 1 N–H and O–H groups in total. The lowest BCUT2D eigenvalue weighted by atomic mass is 10.0. The lowest BCUT2D eigenvalue weighted by Crippen LogP contribution is -3.12. The lowest BCUT2D eigenvalue weighted by Gasteiger charge is -2.35. The van der Waals surface area contributed by atoms with Gasteiger partial charge in [-0.3, -0.25) is 0 Å². The zero-order chi connectivity index (χ0) is 14.9. The van der Waals surface area contributed by atoms with Gasteiger partial charge >= 0.3 is 6.18 Å². The Bertz CT molecular complexity index is 488. The van der Waals surface area contributed by atoms with Crippen LogP contribution in [0.2, 0.25) is 0 Å². The van der Waals surface area contributed by atoms with Gasteiger partial charge in [-0.1, -0.05) is 12.1 Å². The number of hydrogen-bond donors (Lipinski definition) is 1. The molecule has 21 heavy (non-hydrogen) atoms. The number of benzene rings is 1. The van der Waals surface area contributed by atoms with Crippen LogP contribution in [0.25, 0.3) is 0 Å². The molecule has 0 radical (unpaired) electrons. The molecule has 2 heterocycles. The zero-order valence-corrected chi connectivity index (χ0v) is 11.7. The number of alkyl halides is 3. The summed E-state index contributed by atoms with van der Waals surface area (Å²) in [6.45, 7) is 3.61. The van der Waals surface area contributed by atoms with Crippen LogP contribution in [0.3, 0.4) is 0 Å². The average molecular weight is 302 g/mol. The van der Waals surface area contributed by atoms with Crippen molar-refractivity contribution in [1.82, 2.24) is 0 Å². The highest BCUT2D eigenvalue weighted by Crippen LogP contribution is 2.30. The molecule has 2 aliphatic heterocycles. The number of nitrogens with one attached hydrogen (secondary N) is 1. The molecule has 3 nitrogen and oxygen atoms in total. The van der Waals surface area contributed by atoms with Crippen molar-refractivity contribution >= 4 is 0 Å². The molecule has 0 aromatic heterocycles. The van der Waals surface area contributed by atoms with Gasteiger partial charge in [-0.05, 0) is 12.1 Å². The van der Waals surface area contributed by atoms with Gasteiger partial charge in [-0.15, -0.1) is 0 Å². The van der Waals surface area contributed by atoms with E-state index in [1.807, 2.05) is 0 Å². The van der Waals surface area contributed by atoms with Gasteiger partial charge in [0.15, 0.2) is 5.79 Å². The van der Waals surface area contributed by atoms with Gasteiger partial charge in [0.05, 0.1) is 44.7 Å². The minimum absolute atomic E-state index is 0.419. The summed E-state index contributed by atoms with van der Waals surface area (Å²) >= 11 is 0. The van der Waals surface area contributed by atoms with Crippen molar-refractivity contribution in [3.05, 3.63) is 35.4 Å². The van der Waals surface area contributed by atoms with Crippen molar-refractivity contribution in [2.75, 3.05) is 26.3 Å². The van der Waals surface area contributed by atoms with Crippen LogP contribution in [-0.2, 0) is 22.2 Å². The van der Waals surface area contributed by atoms with Crippen molar-refractivity contribution in [1.29, 1.82) is 0 Å². The highest BCUT2D eigenvalue weighted by atomic mass is 19.4. The first-order valence-electron chi connectivity index (χ1n) is 7.25. The van der Waals surface area contributed by atoms with Gasteiger partial charge < -0.3 is 14.4 Å². The maximum Gasteiger partial charge on any atom is 0.416 e. The van der Waals surface area contributed by atoms with Crippen LogP contribution in [0.4, 0.5) is 13.2 Å². The highest BCUT2D eigenvalue weighted by Gasteiger charge is 2.41. The van der Waals surface area contributed by atoms with Crippen LogP contribution in [0.1, 0.15) is 24.0 Å². The number of rotatable bonds is 2. The molecule has 1 aromatic carbocycles. The summed E-state index contributed by atoms with van der Waals surface area (Å²) in [6.07, 6.45) is -2.66. The average Bonchev–Trinajstić information content (AvgIpc) is 2.90. The molecule has 0 atom stereocenters. The summed E-state index contributed by atoms with van der Waals surface area (Å²) in [5.74, 6) is -0.419. The molecule has 6 heteroatoms. The fraction of sp³-hybridized carbons (Fsp3) is 0.600. The molecular formula is C15H19F3NO2+. The van der Waals surface area contributed by atoms with Crippen LogP contribution in [0.15, 0.2) is 24.3 Å². The Morgan fingerprint density at radius 1 is 1.10 bits per heavy atom. The van der Waals surface area contributed by atoms with Gasteiger partial charge in [-0.2, -0.15) is 13.2 Å². The summed E-state index contributed by atoms with van der Waals surface area (Å²) in [5, 5.41) is 0. The lowest BCUT2D eigenvalue weighted by molar-refractivity contribution is -0.922. The minimum atomic E-state index is -4.27. The predicted molar refractivity (Wildman–Crippen MR) is 69.7 cm³/mol. The molecule has 0 bridgehead atoms. The Balaban J connectivity index is 1.60. The molecule has 0 saturated carbocycles. The smallest absolute Gasteiger partial charge is 0.347 e. The molecule has 1 aromatic rings. The standard InChI is InChI=1S/C15H18F3NO2/c16-15(17,18)13-3-1-2-12(10-13)11-19-6-4-14(5-7-19)20-8-9-21-14/h1-3,10H,4-9,11H2/p+1. The van der Waals surface area contributed by atoms with Crippen molar-refractivity contribution in [2.24, 2.45) is 0 Å². The van der Waals surface area contributed by atoms with E-state index in [-0.39, 0.29) is 0 Å². The third-order valence-electron chi connectivity index (χ3n) is 4.24. The SMILES string of the molecule is FC(F)(F)c1cccc(C[NH+]2CCC3(CC2)OCCO3)c1. The molecule has 0 aliphatic carbocycles. The second-order valence-corrected chi connectivity index (χ2v) is 5.73. The van der Waals surface area contributed by atoms with Gasteiger partial charge in [0.2, 0.25) is 0 Å². The minimum Gasteiger partial charge on any atom is -0.347 e. The summed E-state index contributed by atoms with van der Waals surface area (Å²) in [4.78, 5) is 1.28.